The van der Waals surface area contributed by atoms with E-state index in [1.165, 1.54) is 18.2 Å². The summed E-state index contributed by atoms with van der Waals surface area (Å²) in [6.45, 7) is 3.40. The van der Waals surface area contributed by atoms with Crippen LogP contribution in [-0.4, -0.2) is 11.9 Å². The van der Waals surface area contributed by atoms with Gasteiger partial charge in [0.15, 0.2) is 0 Å². The first-order valence-corrected chi connectivity index (χ1v) is 11.0. The molecule has 3 rings (SSSR count). The average molecular weight is 561 g/mol. The fourth-order valence-corrected chi connectivity index (χ4v) is 3.87. The van der Waals surface area contributed by atoms with Crippen LogP contribution < -0.4 is 15.4 Å². The highest BCUT2D eigenvalue weighted by Gasteiger charge is 2.19. The van der Waals surface area contributed by atoms with Crippen molar-refractivity contribution in [3.8, 4) is 11.5 Å². The Morgan fingerprint density at radius 3 is 2.38 bits per heavy atom. The minimum Gasteiger partial charge on any atom is -0.454 e. The second-order valence-electron chi connectivity index (χ2n) is 6.69. The number of nitrogens with one attached hydrogen (secondary N) is 2. The van der Waals surface area contributed by atoms with Crippen molar-refractivity contribution in [3.05, 3.63) is 84.5 Å². The highest BCUT2D eigenvalue weighted by Crippen LogP contribution is 2.41. The van der Waals surface area contributed by atoms with Crippen LogP contribution in [0.15, 0.2) is 46.9 Å². The molecule has 3 aromatic rings. The number of hydrogen-bond acceptors (Lipinski definition) is 3. The third-order valence-electron chi connectivity index (χ3n) is 4.44. The molecule has 3 aromatic carbocycles. The van der Waals surface area contributed by atoms with Crippen molar-refractivity contribution in [1.29, 1.82) is 0 Å². The van der Waals surface area contributed by atoms with E-state index >= 15 is 0 Å². The molecule has 0 unspecified atom stereocenters. The average Bonchev–Trinajstić information content (AvgIpc) is 2.73. The quantitative estimate of drug-likeness (QED) is 0.319. The number of imide groups is 1. The Kier molecular flexibility index (Phi) is 7.67. The molecule has 32 heavy (non-hydrogen) atoms. The zero-order valence-electron chi connectivity index (χ0n) is 16.7. The highest BCUT2D eigenvalue weighted by molar-refractivity contribution is 9.10. The lowest BCUT2D eigenvalue weighted by Crippen LogP contribution is -2.35. The fourth-order valence-electron chi connectivity index (χ4n) is 2.85. The number of carbonyl (C=O) groups excluding carboxylic acids is 2. The van der Waals surface area contributed by atoms with E-state index in [1.807, 2.05) is 0 Å². The topological polar surface area (TPSA) is 67.4 Å². The zero-order valence-corrected chi connectivity index (χ0v) is 20.5. The van der Waals surface area contributed by atoms with Crippen LogP contribution in [0.1, 0.15) is 21.5 Å². The Morgan fingerprint density at radius 2 is 1.69 bits per heavy atom. The lowest BCUT2D eigenvalue weighted by atomic mass is 10.1. The van der Waals surface area contributed by atoms with Gasteiger partial charge in [-0.2, -0.15) is 0 Å². The van der Waals surface area contributed by atoms with Gasteiger partial charge in [0.05, 0.1) is 20.6 Å². The van der Waals surface area contributed by atoms with Crippen LogP contribution in [0.5, 0.6) is 11.5 Å². The number of ether oxygens (including phenoxy) is 1. The third kappa shape index (κ3) is 5.35. The number of halogens is 5. The van der Waals surface area contributed by atoms with Gasteiger partial charge in [0.25, 0.3) is 5.91 Å². The normalized spacial score (nSPS) is 10.6. The maximum atomic E-state index is 13.8. The molecule has 0 aliphatic carbocycles. The molecule has 0 spiro atoms. The predicted molar refractivity (Wildman–Crippen MR) is 128 cm³/mol. The molecule has 0 saturated carbocycles. The second-order valence-corrected chi connectivity index (χ2v) is 8.74. The summed E-state index contributed by atoms with van der Waals surface area (Å²) in [5.41, 5.74) is 1.23. The number of amides is 3. The Bertz CT molecular complexity index is 1240. The molecule has 0 aliphatic rings. The minimum absolute atomic E-state index is 0.224. The highest BCUT2D eigenvalue weighted by atomic mass is 79.9. The molecule has 0 aliphatic heterocycles. The van der Waals surface area contributed by atoms with E-state index in [-0.39, 0.29) is 10.6 Å². The van der Waals surface area contributed by atoms with E-state index < -0.39 is 17.8 Å². The molecular weight excluding hydrogens is 546 g/mol. The Morgan fingerprint density at radius 1 is 1.00 bits per heavy atom. The SMILES string of the molecule is Cc1cc(Oc2cc(Cl)c(Br)cc2Cl)c(Cl)c(C)c1NC(=O)NC(=O)c1ccccc1F. The first kappa shape index (κ1) is 24.3. The van der Waals surface area contributed by atoms with Gasteiger partial charge in [-0.1, -0.05) is 46.9 Å². The van der Waals surface area contributed by atoms with E-state index in [4.69, 9.17) is 39.5 Å². The van der Waals surface area contributed by atoms with Crippen LogP contribution in [0.4, 0.5) is 14.9 Å². The largest absolute Gasteiger partial charge is 0.454 e. The van der Waals surface area contributed by atoms with Crippen molar-refractivity contribution in [2.75, 3.05) is 5.32 Å². The van der Waals surface area contributed by atoms with Crippen molar-refractivity contribution >= 4 is 68.4 Å². The Balaban J connectivity index is 1.81. The molecule has 10 heteroatoms. The first-order valence-electron chi connectivity index (χ1n) is 9.07. The number of anilines is 1. The molecule has 0 atom stereocenters. The summed E-state index contributed by atoms with van der Waals surface area (Å²) in [5, 5.41) is 5.61. The van der Waals surface area contributed by atoms with E-state index in [0.717, 1.165) is 6.07 Å². The lowest BCUT2D eigenvalue weighted by Gasteiger charge is -2.17. The molecule has 166 valence electrons. The van der Waals surface area contributed by atoms with Gasteiger partial charge in [0, 0.05) is 16.2 Å². The van der Waals surface area contributed by atoms with Crippen molar-refractivity contribution in [1.82, 2.24) is 5.32 Å². The van der Waals surface area contributed by atoms with E-state index in [2.05, 4.69) is 26.6 Å². The van der Waals surface area contributed by atoms with Crippen LogP contribution in [0.3, 0.4) is 0 Å². The zero-order chi connectivity index (χ0) is 23.6. The van der Waals surface area contributed by atoms with E-state index in [9.17, 15) is 14.0 Å². The van der Waals surface area contributed by atoms with Gasteiger partial charge in [-0.15, -0.1) is 0 Å². The molecule has 0 radical (unpaired) electrons. The van der Waals surface area contributed by atoms with Gasteiger partial charge in [-0.05, 0) is 65.2 Å². The molecule has 0 heterocycles. The summed E-state index contributed by atoms with van der Waals surface area (Å²) < 4.78 is 20.2. The third-order valence-corrected chi connectivity index (χ3v) is 6.40. The number of hydrogen-bond donors (Lipinski definition) is 2. The van der Waals surface area contributed by atoms with Crippen molar-refractivity contribution in [2.45, 2.75) is 13.8 Å². The molecule has 3 amide bonds. The number of benzene rings is 3. The number of rotatable bonds is 4. The van der Waals surface area contributed by atoms with Gasteiger partial charge < -0.3 is 10.1 Å². The summed E-state index contributed by atoms with van der Waals surface area (Å²) in [6.07, 6.45) is 0. The summed E-state index contributed by atoms with van der Waals surface area (Å²) in [4.78, 5) is 24.5. The summed E-state index contributed by atoms with van der Waals surface area (Å²) in [6, 6.07) is 9.25. The lowest BCUT2D eigenvalue weighted by molar-refractivity contribution is 0.0963. The Hall–Kier alpha value is -2.32. The fraction of sp³-hybridized carbons (Fsp3) is 0.0909. The van der Waals surface area contributed by atoms with Crippen LogP contribution >= 0.6 is 50.7 Å². The van der Waals surface area contributed by atoms with Gasteiger partial charge in [-0.3, -0.25) is 10.1 Å². The smallest absolute Gasteiger partial charge is 0.326 e. The number of carbonyl (C=O) groups is 2. The molecule has 0 saturated heterocycles. The number of urea groups is 1. The van der Waals surface area contributed by atoms with Crippen molar-refractivity contribution in [2.24, 2.45) is 0 Å². The summed E-state index contributed by atoms with van der Waals surface area (Å²) in [5.74, 6) is -1.00. The van der Waals surface area contributed by atoms with Crippen molar-refractivity contribution < 1.29 is 18.7 Å². The summed E-state index contributed by atoms with van der Waals surface area (Å²) >= 11 is 22.1. The van der Waals surface area contributed by atoms with Gasteiger partial charge >= 0.3 is 6.03 Å². The molecule has 2 N–H and O–H groups in total. The molecule has 0 bridgehead atoms. The van der Waals surface area contributed by atoms with Crippen LogP contribution in [0.25, 0.3) is 0 Å². The molecule has 5 nitrogen and oxygen atoms in total. The first-order chi connectivity index (χ1) is 15.1. The molecular formula is C22H15BrCl3FN2O3. The van der Waals surface area contributed by atoms with Crippen LogP contribution in [0, 0.1) is 19.7 Å². The second kappa shape index (κ2) is 10.1. The maximum absolute atomic E-state index is 13.8. The standard InChI is InChI=1S/C22H15BrCl3FN2O3/c1-10-7-18(32-17-9-14(24)13(23)8-15(17)25)19(26)11(2)20(10)28-22(31)29-21(30)12-5-3-4-6-16(12)27/h3-9H,1-2H3,(H2,28,29,30,31). The van der Waals surface area contributed by atoms with Gasteiger partial charge in [0.2, 0.25) is 0 Å². The Labute approximate surface area is 206 Å². The predicted octanol–water partition coefficient (Wildman–Crippen LogP) is 7.92. The van der Waals surface area contributed by atoms with E-state index in [1.54, 1.807) is 32.0 Å². The summed E-state index contributed by atoms with van der Waals surface area (Å²) in [7, 11) is 0. The van der Waals surface area contributed by atoms with Gasteiger partial charge in [-0.25, -0.2) is 9.18 Å². The minimum atomic E-state index is -0.872. The maximum Gasteiger partial charge on any atom is 0.326 e. The van der Waals surface area contributed by atoms with Crippen LogP contribution in [0.2, 0.25) is 15.1 Å². The number of aryl methyl sites for hydroxylation is 1. The monoisotopic (exact) mass is 558 g/mol. The van der Waals surface area contributed by atoms with Gasteiger partial charge in [0.1, 0.15) is 17.3 Å². The molecule has 0 fully saturated rings. The molecule has 0 aromatic heterocycles. The van der Waals surface area contributed by atoms with E-state index in [0.29, 0.717) is 42.8 Å². The van der Waals surface area contributed by atoms with Crippen molar-refractivity contribution in [3.63, 3.8) is 0 Å². The van der Waals surface area contributed by atoms with Crippen LogP contribution in [-0.2, 0) is 0 Å².